The van der Waals surface area contributed by atoms with Gasteiger partial charge in [0.15, 0.2) is 0 Å². The summed E-state index contributed by atoms with van der Waals surface area (Å²) < 4.78 is 5.02. The van der Waals surface area contributed by atoms with E-state index in [1.807, 2.05) is 6.92 Å². The van der Waals surface area contributed by atoms with Crippen molar-refractivity contribution in [3.05, 3.63) is 34.9 Å². The van der Waals surface area contributed by atoms with E-state index in [0.717, 1.165) is 0 Å². The molecule has 1 rings (SSSR count). The summed E-state index contributed by atoms with van der Waals surface area (Å²) in [6.07, 6.45) is 0.198. The molecule has 18 heavy (non-hydrogen) atoms. The van der Waals surface area contributed by atoms with Crippen LogP contribution in [0.4, 0.5) is 0 Å². The molecule has 0 saturated carbocycles. The van der Waals surface area contributed by atoms with E-state index in [1.165, 1.54) is 6.07 Å². The van der Waals surface area contributed by atoms with Gasteiger partial charge in [-0.3, -0.25) is 20.4 Å². The van der Waals surface area contributed by atoms with Crippen LogP contribution in [-0.2, 0) is 9.53 Å². The topological polar surface area (TPSA) is 67.4 Å². The molecule has 98 valence electrons. The molecule has 5 nitrogen and oxygen atoms in total. The van der Waals surface area contributed by atoms with Crippen LogP contribution in [-0.4, -0.2) is 25.0 Å². The Bertz CT molecular complexity index is 424. The third-order valence-corrected chi connectivity index (χ3v) is 2.31. The lowest BCUT2D eigenvalue weighted by Crippen LogP contribution is -2.41. The fourth-order valence-electron chi connectivity index (χ4n) is 1.20. The van der Waals surface area contributed by atoms with Gasteiger partial charge in [0.1, 0.15) is 0 Å². The van der Waals surface area contributed by atoms with Crippen molar-refractivity contribution in [3.63, 3.8) is 0 Å². The predicted octanol–water partition coefficient (Wildman–Crippen LogP) is 1.53. The molecule has 0 saturated heterocycles. The summed E-state index contributed by atoms with van der Waals surface area (Å²) >= 11 is 5.75. The van der Waals surface area contributed by atoms with Crippen LogP contribution in [0.25, 0.3) is 0 Å². The zero-order valence-corrected chi connectivity index (χ0v) is 10.8. The number of carbonyl (C=O) groups is 2. The second-order valence-corrected chi connectivity index (χ2v) is 3.90. The molecule has 0 radical (unpaired) electrons. The van der Waals surface area contributed by atoms with E-state index >= 15 is 0 Å². The normalized spacial score (nSPS) is 9.89. The number of hydrazine groups is 1. The summed E-state index contributed by atoms with van der Waals surface area (Å²) in [5.74, 6) is -0.721. The zero-order valence-electron chi connectivity index (χ0n) is 10.0. The van der Waals surface area contributed by atoms with Gasteiger partial charge >= 0.3 is 0 Å². The van der Waals surface area contributed by atoms with Crippen molar-refractivity contribution in [1.29, 1.82) is 0 Å². The summed E-state index contributed by atoms with van der Waals surface area (Å²) in [5, 5.41) is 0.463. The number of hydrogen-bond donors (Lipinski definition) is 2. The molecule has 0 aliphatic heterocycles. The van der Waals surface area contributed by atoms with Gasteiger partial charge in [-0.2, -0.15) is 0 Å². The zero-order chi connectivity index (χ0) is 13.4. The maximum Gasteiger partial charge on any atom is 0.269 e. The molecule has 2 amide bonds. The minimum absolute atomic E-state index is 0.198. The maximum atomic E-state index is 11.6. The van der Waals surface area contributed by atoms with E-state index < -0.39 is 5.91 Å². The molecule has 1 aromatic rings. The molecule has 0 fully saturated rings. The van der Waals surface area contributed by atoms with Crippen molar-refractivity contribution < 1.29 is 14.3 Å². The number of benzene rings is 1. The third kappa shape index (κ3) is 5.16. The third-order valence-electron chi connectivity index (χ3n) is 2.08. The van der Waals surface area contributed by atoms with E-state index in [-0.39, 0.29) is 12.3 Å². The molecule has 6 heteroatoms. The highest BCUT2D eigenvalue weighted by Gasteiger charge is 2.07. The predicted molar refractivity (Wildman–Crippen MR) is 68.2 cm³/mol. The minimum Gasteiger partial charge on any atom is -0.381 e. The first-order valence-corrected chi connectivity index (χ1v) is 5.93. The molecule has 0 unspecified atom stereocenters. The summed E-state index contributed by atoms with van der Waals surface area (Å²) in [5.41, 5.74) is 4.98. The molecule has 0 atom stereocenters. The Hall–Kier alpha value is -1.59. The maximum absolute atomic E-state index is 11.6. The summed E-state index contributed by atoms with van der Waals surface area (Å²) in [6, 6.07) is 6.45. The van der Waals surface area contributed by atoms with Gasteiger partial charge in [0.25, 0.3) is 5.91 Å². The summed E-state index contributed by atoms with van der Waals surface area (Å²) in [4.78, 5) is 22.9. The monoisotopic (exact) mass is 270 g/mol. The molecule has 0 heterocycles. The summed E-state index contributed by atoms with van der Waals surface area (Å²) in [6.45, 7) is 2.73. The molecular weight excluding hydrogens is 256 g/mol. The van der Waals surface area contributed by atoms with Crippen LogP contribution < -0.4 is 10.9 Å². The van der Waals surface area contributed by atoms with Crippen molar-refractivity contribution in [1.82, 2.24) is 10.9 Å². The Morgan fingerprint density at radius 3 is 2.78 bits per heavy atom. The lowest BCUT2D eigenvalue weighted by Gasteiger charge is -2.07. The number of halogens is 1. The Kier molecular flexibility index (Phi) is 6.18. The second kappa shape index (κ2) is 7.68. The van der Waals surface area contributed by atoms with Crippen LogP contribution in [0.1, 0.15) is 23.7 Å². The average Bonchev–Trinajstić information content (AvgIpc) is 2.36. The molecule has 1 aromatic carbocycles. The number of carbonyl (C=O) groups excluding carboxylic acids is 2. The molecule has 2 N–H and O–H groups in total. The van der Waals surface area contributed by atoms with Crippen LogP contribution in [0.15, 0.2) is 24.3 Å². The molecule has 0 aromatic heterocycles. The number of ether oxygens (including phenoxy) is 1. The van der Waals surface area contributed by atoms with Gasteiger partial charge in [-0.15, -0.1) is 0 Å². The minimum atomic E-state index is -0.415. The van der Waals surface area contributed by atoms with Crippen LogP contribution >= 0.6 is 11.6 Å². The van der Waals surface area contributed by atoms with Gasteiger partial charge in [-0.25, -0.2) is 0 Å². The Labute approximate surface area is 110 Å². The highest BCUT2D eigenvalue weighted by Crippen LogP contribution is 2.09. The van der Waals surface area contributed by atoms with E-state index in [1.54, 1.807) is 18.2 Å². The van der Waals surface area contributed by atoms with Gasteiger partial charge in [0.05, 0.1) is 13.0 Å². The van der Waals surface area contributed by atoms with Crippen LogP contribution in [0, 0.1) is 0 Å². The van der Waals surface area contributed by atoms with E-state index in [9.17, 15) is 9.59 Å². The lowest BCUT2D eigenvalue weighted by atomic mass is 10.2. The smallest absolute Gasteiger partial charge is 0.269 e. The molecular formula is C12H15ClN2O3. The van der Waals surface area contributed by atoms with Crippen molar-refractivity contribution >= 4 is 23.4 Å². The Balaban J connectivity index is 2.35. The molecule has 0 bridgehead atoms. The Morgan fingerprint density at radius 1 is 1.33 bits per heavy atom. The van der Waals surface area contributed by atoms with Gasteiger partial charge in [0.2, 0.25) is 5.91 Å². The second-order valence-electron chi connectivity index (χ2n) is 3.46. The standard InChI is InChI=1S/C12H15ClN2O3/c1-2-18-7-6-11(16)14-15-12(17)9-4-3-5-10(13)8-9/h3-5,8H,2,6-7H2,1H3,(H,14,16)(H,15,17). The molecule has 0 spiro atoms. The fourth-order valence-corrected chi connectivity index (χ4v) is 1.39. The first kappa shape index (κ1) is 14.5. The van der Waals surface area contributed by atoms with E-state index in [2.05, 4.69) is 10.9 Å². The molecule has 0 aliphatic rings. The highest BCUT2D eigenvalue weighted by atomic mass is 35.5. The quantitative estimate of drug-likeness (QED) is 0.630. The number of nitrogens with one attached hydrogen (secondary N) is 2. The van der Waals surface area contributed by atoms with Crippen molar-refractivity contribution in [2.75, 3.05) is 13.2 Å². The van der Waals surface area contributed by atoms with Crippen molar-refractivity contribution in [3.8, 4) is 0 Å². The molecule has 0 aliphatic carbocycles. The van der Waals surface area contributed by atoms with Crippen LogP contribution in [0.2, 0.25) is 5.02 Å². The van der Waals surface area contributed by atoms with E-state index in [4.69, 9.17) is 16.3 Å². The Morgan fingerprint density at radius 2 is 2.11 bits per heavy atom. The van der Waals surface area contributed by atoms with Crippen LogP contribution in [0.5, 0.6) is 0 Å². The summed E-state index contributed by atoms with van der Waals surface area (Å²) in [7, 11) is 0. The average molecular weight is 271 g/mol. The van der Waals surface area contributed by atoms with Gasteiger partial charge in [-0.05, 0) is 25.1 Å². The van der Waals surface area contributed by atoms with E-state index in [0.29, 0.717) is 23.8 Å². The SMILES string of the molecule is CCOCCC(=O)NNC(=O)c1cccc(Cl)c1. The lowest BCUT2D eigenvalue weighted by molar-refractivity contribution is -0.122. The number of hydrogen-bond acceptors (Lipinski definition) is 3. The van der Waals surface area contributed by atoms with Gasteiger partial charge < -0.3 is 4.74 Å². The first-order chi connectivity index (χ1) is 8.63. The van der Waals surface area contributed by atoms with Gasteiger partial charge in [0, 0.05) is 17.2 Å². The van der Waals surface area contributed by atoms with Crippen molar-refractivity contribution in [2.24, 2.45) is 0 Å². The first-order valence-electron chi connectivity index (χ1n) is 5.56. The largest absolute Gasteiger partial charge is 0.381 e. The number of amides is 2. The van der Waals surface area contributed by atoms with Crippen LogP contribution in [0.3, 0.4) is 0 Å². The number of rotatable bonds is 5. The van der Waals surface area contributed by atoms with Gasteiger partial charge in [-0.1, -0.05) is 17.7 Å². The highest BCUT2D eigenvalue weighted by molar-refractivity contribution is 6.30. The van der Waals surface area contributed by atoms with Crippen molar-refractivity contribution in [2.45, 2.75) is 13.3 Å². The fraction of sp³-hybridized carbons (Fsp3) is 0.333.